The van der Waals surface area contributed by atoms with Gasteiger partial charge in [0.25, 0.3) is 0 Å². The molecular formula is C11H20O3. The summed E-state index contributed by atoms with van der Waals surface area (Å²) in [4.78, 5) is 0. The van der Waals surface area contributed by atoms with Crippen molar-refractivity contribution in [2.24, 2.45) is 5.41 Å². The van der Waals surface area contributed by atoms with Crippen molar-refractivity contribution in [3.63, 3.8) is 0 Å². The average molecular weight is 202 g/mol. The minimum Gasteiger partial charge on any atom is -0.386 e. The fourth-order valence-corrected chi connectivity index (χ4v) is 2.81. The third-order valence-corrected chi connectivity index (χ3v) is 4.36. The lowest BCUT2D eigenvalue weighted by Gasteiger charge is -2.36. The number of fused-ring (bicyclic) bond motifs is 1. The largest absolute Gasteiger partial charge is 0.386 e. The van der Waals surface area contributed by atoms with E-state index >= 15 is 0 Å². The number of rotatable bonds is 2. The Bertz CT molecular complexity index is 256. The van der Waals surface area contributed by atoms with Crippen molar-refractivity contribution in [2.75, 3.05) is 7.11 Å². The van der Waals surface area contributed by atoms with Gasteiger partial charge in [-0.05, 0) is 19.8 Å². The lowest BCUT2D eigenvalue weighted by molar-refractivity contribution is -0.0884. The van der Waals surface area contributed by atoms with E-state index in [4.69, 9.17) is 16.0 Å². The molecule has 0 aromatic heterocycles. The lowest BCUT2D eigenvalue weighted by atomic mass is 9.72. The van der Waals surface area contributed by atoms with E-state index in [1.54, 1.807) is 7.11 Å². The maximum absolute atomic E-state index is 7.39. The SMILES string of the molecule is [3H]O[C@@]12CC[C@H](OC)[C@@H]1O[C@@H](C)C2(C)C. The topological polar surface area (TPSA) is 38.7 Å². The van der Waals surface area contributed by atoms with Crippen molar-refractivity contribution in [3.05, 3.63) is 0 Å². The quantitative estimate of drug-likeness (QED) is 0.734. The van der Waals surface area contributed by atoms with Gasteiger partial charge < -0.3 is 14.6 Å². The van der Waals surface area contributed by atoms with E-state index in [2.05, 4.69) is 13.8 Å². The van der Waals surface area contributed by atoms with Crippen molar-refractivity contribution < 1.29 is 14.6 Å². The Balaban J connectivity index is 2.35. The average Bonchev–Trinajstić information content (AvgIpc) is 2.64. The minimum absolute atomic E-state index is 0.0691. The summed E-state index contributed by atoms with van der Waals surface area (Å²) >= 11 is 0. The Labute approximate surface area is 86.9 Å². The number of aliphatic hydroxyl groups is 1. The van der Waals surface area contributed by atoms with Gasteiger partial charge in [0.05, 0.1) is 12.2 Å². The highest BCUT2D eigenvalue weighted by Gasteiger charge is 2.64. The molecule has 2 fully saturated rings. The maximum atomic E-state index is 7.39. The van der Waals surface area contributed by atoms with Crippen molar-refractivity contribution >= 4 is 0 Å². The highest BCUT2D eigenvalue weighted by molar-refractivity contribution is 5.13. The van der Waals surface area contributed by atoms with Gasteiger partial charge in [-0.25, -0.2) is 0 Å². The lowest BCUT2D eigenvalue weighted by Crippen LogP contribution is -2.48. The second-order valence-electron chi connectivity index (χ2n) is 5.12. The van der Waals surface area contributed by atoms with E-state index in [1.807, 2.05) is 6.92 Å². The van der Waals surface area contributed by atoms with Gasteiger partial charge in [0.2, 0.25) is 1.43 Å². The van der Waals surface area contributed by atoms with Crippen LogP contribution in [0.25, 0.3) is 0 Å². The summed E-state index contributed by atoms with van der Waals surface area (Å²) in [6, 6.07) is 0. The number of methoxy groups -OCH3 is 1. The van der Waals surface area contributed by atoms with E-state index in [0.717, 1.165) is 12.8 Å². The second kappa shape index (κ2) is 2.94. The Kier molecular flexibility index (Phi) is 1.92. The van der Waals surface area contributed by atoms with Gasteiger partial charge in [0, 0.05) is 12.5 Å². The van der Waals surface area contributed by atoms with Crippen LogP contribution in [0.4, 0.5) is 0 Å². The summed E-state index contributed by atoms with van der Waals surface area (Å²) in [5, 5.41) is 5.09. The fraction of sp³-hybridized carbons (Fsp3) is 1.00. The standard InChI is InChI=1S/C11H20O3/c1-7-10(2,3)11(12)6-5-8(13-4)9(11)14-7/h7-9,12H,5-6H2,1-4H3/t7-,8-,9-,11-/m0/s1/i12T. The maximum Gasteiger partial charge on any atom is 0.211 e. The summed E-state index contributed by atoms with van der Waals surface area (Å²) in [6.45, 7) is 6.28. The van der Waals surface area contributed by atoms with Crippen LogP contribution in [0, 0.1) is 5.41 Å². The molecule has 82 valence electrons. The molecule has 0 unspecified atom stereocenters. The van der Waals surface area contributed by atoms with Gasteiger partial charge >= 0.3 is 0 Å². The van der Waals surface area contributed by atoms with Crippen molar-refractivity contribution in [1.82, 2.24) is 0 Å². The van der Waals surface area contributed by atoms with Crippen LogP contribution in [0.5, 0.6) is 0 Å². The Morgan fingerprint density at radius 2 is 2.29 bits per heavy atom. The predicted octanol–water partition coefficient (Wildman–Crippen LogP) is 1.34. The van der Waals surface area contributed by atoms with Crippen LogP contribution in [0.15, 0.2) is 0 Å². The van der Waals surface area contributed by atoms with Gasteiger partial charge in [0.15, 0.2) is 0 Å². The second-order valence-corrected chi connectivity index (χ2v) is 5.12. The summed E-state index contributed by atoms with van der Waals surface area (Å²) in [7, 11) is 1.70. The fourth-order valence-electron chi connectivity index (χ4n) is 2.81. The zero-order chi connectivity index (χ0) is 11.3. The van der Waals surface area contributed by atoms with Gasteiger partial charge in [-0.1, -0.05) is 13.8 Å². The van der Waals surface area contributed by atoms with Crippen LogP contribution in [0.1, 0.15) is 33.6 Å². The first kappa shape index (κ1) is 9.13. The monoisotopic (exact) mass is 202 g/mol. The van der Waals surface area contributed by atoms with Gasteiger partial charge in [-0.15, -0.1) is 0 Å². The van der Waals surface area contributed by atoms with Crippen LogP contribution in [0.3, 0.4) is 0 Å². The first-order valence-electron chi connectivity index (χ1n) is 5.73. The smallest absolute Gasteiger partial charge is 0.211 e. The van der Waals surface area contributed by atoms with Crippen molar-refractivity contribution in [3.8, 4) is 0 Å². The highest BCUT2D eigenvalue weighted by Crippen LogP contribution is 2.54. The third kappa shape index (κ3) is 1.03. The Morgan fingerprint density at radius 1 is 1.57 bits per heavy atom. The van der Waals surface area contributed by atoms with E-state index in [1.165, 1.54) is 0 Å². The molecule has 1 saturated heterocycles. The molecule has 14 heavy (non-hydrogen) atoms. The van der Waals surface area contributed by atoms with Crippen molar-refractivity contribution in [1.29, 1.82) is 1.43 Å². The first-order valence-corrected chi connectivity index (χ1v) is 5.32. The molecule has 1 aliphatic carbocycles. The Hall–Kier alpha value is -0.120. The molecule has 0 bridgehead atoms. The van der Waals surface area contributed by atoms with Crippen LogP contribution in [-0.2, 0) is 9.47 Å². The zero-order valence-corrected chi connectivity index (χ0v) is 9.37. The van der Waals surface area contributed by atoms with Gasteiger partial charge in [0.1, 0.15) is 11.7 Å². The molecule has 4 atom stereocenters. The molecule has 0 aromatic carbocycles. The summed E-state index contributed by atoms with van der Waals surface area (Å²) in [5.74, 6) is 0. The van der Waals surface area contributed by atoms with Crippen LogP contribution < -0.4 is 0 Å². The molecule has 3 nitrogen and oxygen atoms in total. The Morgan fingerprint density at radius 3 is 2.86 bits per heavy atom. The van der Waals surface area contributed by atoms with E-state index in [9.17, 15) is 0 Å². The molecule has 1 saturated carbocycles. The van der Waals surface area contributed by atoms with Crippen LogP contribution >= 0.6 is 0 Å². The molecule has 0 radical (unpaired) electrons. The molecule has 0 spiro atoms. The molecule has 0 aromatic rings. The molecular weight excluding hydrogens is 180 g/mol. The normalized spacial score (nSPS) is 51.7. The molecule has 1 aliphatic heterocycles. The molecule has 1 heterocycles. The van der Waals surface area contributed by atoms with Gasteiger partial charge in [-0.2, -0.15) is 0 Å². The molecule has 3 heteroatoms. The van der Waals surface area contributed by atoms with Crippen LogP contribution in [0.2, 0.25) is 0 Å². The molecule has 2 rings (SSSR count). The van der Waals surface area contributed by atoms with Gasteiger partial charge in [-0.3, -0.25) is 0 Å². The summed E-state index contributed by atoms with van der Waals surface area (Å²) < 4.78 is 18.7. The summed E-state index contributed by atoms with van der Waals surface area (Å²) in [5.41, 5.74) is -0.625. The summed E-state index contributed by atoms with van der Waals surface area (Å²) in [6.07, 6.45) is 1.84. The van der Waals surface area contributed by atoms with Crippen LogP contribution in [-0.4, -0.2) is 37.6 Å². The number of ether oxygens (including phenoxy) is 2. The van der Waals surface area contributed by atoms with E-state index < -0.39 is 5.60 Å². The molecule has 0 amide bonds. The van der Waals surface area contributed by atoms with E-state index in [-0.39, 0.29) is 23.7 Å². The molecule has 1 N–H and O–H groups in total. The van der Waals surface area contributed by atoms with E-state index in [0.29, 0.717) is 0 Å². The molecule has 2 aliphatic rings. The third-order valence-electron chi connectivity index (χ3n) is 4.36. The highest BCUT2D eigenvalue weighted by atomic mass is 16.6. The first-order chi connectivity index (χ1) is 6.99. The number of hydrogen-bond donors (Lipinski definition) is 1. The predicted molar refractivity (Wildman–Crippen MR) is 53.1 cm³/mol. The minimum atomic E-state index is -0.493. The number of hydrogen-bond acceptors (Lipinski definition) is 3. The van der Waals surface area contributed by atoms with Crippen molar-refractivity contribution in [2.45, 2.75) is 57.5 Å². The zero-order valence-electron chi connectivity index (χ0n) is 10.4.